The van der Waals surface area contributed by atoms with Crippen molar-refractivity contribution in [2.24, 2.45) is 0 Å². The number of ether oxygens (including phenoxy) is 1. The molecule has 0 aromatic carbocycles. The Hall–Kier alpha value is -0.130. The lowest BCUT2D eigenvalue weighted by Gasteiger charge is -2.37. The third-order valence-electron chi connectivity index (χ3n) is 2.27. The van der Waals surface area contributed by atoms with Crippen molar-refractivity contribution in [3.8, 4) is 0 Å². The van der Waals surface area contributed by atoms with Crippen LogP contribution in [0.15, 0.2) is 0 Å². The molecular formula is C8H17NO3S. The van der Waals surface area contributed by atoms with E-state index in [0.717, 1.165) is 0 Å². The molecule has 4 nitrogen and oxygen atoms in total. The third-order valence-corrected chi connectivity index (χ3v) is 4.36. The van der Waals surface area contributed by atoms with Crippen molar-refractivity contribution in [3.63, 3.8) is 0 Å². The second-order valence-corrected chi connectivity index (χ2v) is 5.63. The molecule has 1 fully saturated rings. The second-order valence-electron chi connectivity index (χ2n) is 3.47. The third kappa shape index (κ3) is 2.21. The average molecular weight is 207 g/mol. The molecule has 0 aliphatic carbocycles. The minimum absolute atomic E-state index is 0.0336. The van der Waals surface area contributed by atoms with Crippen LogP contribution in [-0.2, 0) is 14.8 Å². The Morgan fingerprint density at radius 2 is 1.77 bits per heavy atom. The van der Waals surface area contributed by atoms with E-state index in [-0.39, 0.29) is 17.8 Å². The zero-order valence-electron chi connectivity index (χ0n) is 8.36. The summed E-state index contributed by atoms with van der Waals surface area (Å²) in [4.78, 5) is 0. The Labute approximate surface area is 79.9 Å². The summed E-state index contributed by atoms with van der Waals surface area (Å²) in [5, 5.41) is 0. The fraction of sp³-hybridized carbons (Fsp3) is 1.00. The summed E-state index contributed by atoms with van der Waals surface area (Å²) in [6, 6.07) is -0.0672. The van der Waals surface area contributed by atoms with Crippen molar-refractivity contribution in [1.82, 2.24) is 4.31 Å². The predicted octanol–water partition coefficient (Wildman–Crippen LogP) is 0.445. The molecule has 0 aromatic heterocycles. The molecule has 1 aliphatic rings. The fourth-order valence-electron chi connectivity index (χ4n) is 1.69. The zero-order valence-corrected chi connectivity index (χ0v) is 9.17. The molecule has 0 bridgehead atoms. The molecule has 0 N–H and O–H groups in total. The molecule has 5 heteroatoms. The first-order valence-corrected chi connectivity index (χ1v) is 6.19. The summed E-state index contributed by atoms with van der Waals surface area (Å²) in [7, 11) is -3.07. The van der Waals surface area contributed by atoms with Crippen LogP contribution < -0.4 is 0 Å². The van der Waals surface area contributed by atoms with Crippen LogP contribution in [-0.4, -0.2) is 43.8 Å². The van der Waals surface area contributed by atoms with Crippen LogP contribution in [0.4, 0.5) is 0 Å². The normalized spacial score (nSPS) is 31.9. The molecule has 78 valence electrons. The van der Waals surface area contributed by atoms with Gasteiger partial charge in [-0.3, -0.25) is 0 Å². The number of morpholine rings is 1. The minimum atomic E-state index is -3.07. The highest BCUT2D eigenvalue weighted by atomic mass is 32.2. The zero-order chi connectivity index (χ0) is 10.1. The van der Waals surface area contributed by atoms with Crippen molar-refractivity contribution in [2.75, 3.05) is 19.0 Å². The molecule has 2 atom stereocenters. The fourth-order valence-corrected chi connectivity index (χ4v) is 3.20. The average Bonchev–Trinajstić information content (AvgIpc) is 2.03. The topological polar surface area (TPSA) is 46.6 Å². The summed E-state index contributed by atoms with van der Waals surface area (Å²) in [5.41, 5.74) is 0. The largest absolute Gasteiger partial charge is 0.378 e. The highest BCUT2D eigenvalue weighted by Crippen LogP contribution is 2.17. The van der Waals surface area contributed by atoms with Gasteiger partial charge in [-0.15, -0.1) is 0 Å². The van der Waals surface area contributed by atoms with Crippen LogP contribution >= 0.6 is 0 Å². The SMILES string of the molecule is CCS(=O)(=O)N1[C@H](C)COC[C@H]1C. The van der Waals surface area contributed by atoms with Crippen molar-refractivity contribution < 1.29 is 13.2 Å². The van der Waals surface area contributed by atoms with Crippen LogP contribution in [0.1, 0.15) is 20.8 Å². The number of sulfonamides is 1. The summed E-state index contributed by atoms with van der Waals surface area (Å²) >= 11 is 0. The van der Waals surface area contributed by atoms with Gasteiger partial charge < -0.3 is 4.74 Å². The molecule has 1 rings (SSSR count). The molecule has 0 spiro atoms. The van der Waals surface area contributed by atoms with Gasteiger partial charge in [-0.05, 0) is 20.8 Å². The molecule has 13 heavy (non-hydrogen) atoms. The van der Waals surface area contributed by atoms with Gasteiger partial charge >= 0.3 is 0 Å². The van der Waals surface area contributed by atoms with E-state index >= 15 is 0 Å². The van der Waals surface area contributed by atoms with E-state index in [4.69, 9.17) is 4.74 Å². The smallest absolute Gasteiger partial charge is 0.214 e. The van der Waals surface area contributed by atoms with Crippen LogP contribution in [0.3, 0.4) is 0 Å². The quantitative estimate of drug-likeness (QED) is 0.660. The Kier molecular flexibility index (Phi) is 3.32. The number of hydrogen-bond acceptors (Lipinski definition) is 3. The van der Waals surface area contributed by atoms with Crippen LogP contribution in [0, 0.1) is 0 Å². The highest BCUT2D eigenvalue weighted by Gasteiger charge is 2.33. The molecule has 1 saturated heterocycles. The van der Waals surface area contributed by atoms with Gasteiger partial charge in [-0.25, -0.2) is 8.42 Å². The first-order valence-electron chi connectivity index (χ1n) is 4.58. The lowest BCUT2D eigenvalue weighted by atomic mass is 10.2. The van der Waals surface area contributed by atoms with Crippen LogP contribution in [0.25, 0.3) is 0 Å². The Balaban J connectivity index is 2.86. The van der Waals surface area contributed by atoms with Crippen LogP contribution in [0.5, 0.6) is 0 Å². The Morgan fingerprint density at radius 1 is 1.31 bits per heavy atom. The van der Waals surface area contributed by atoms with Crippen molar-refractivity contribution in [1.29, 1.82) is 0 Å². The van der Waals surface area contributed by atoms with Gasteiger partial charge in [0.05, 0.1) is 19.0 Å². The van der Waals surface area contributed by atoms with E-state index in [1.54, 1.807) is 11.2 Å². The van der Waals surface area contributed by atoms with E-state index in [1.165, 1.54) is 0 Å². The van der Waals surface area contributed by atoms with Gasteiger partial charge in [0.25, 0.3) is 0 Å². The van der Waals surface area contributed by atoms with Crippen molar-refractivity contribution in [2.45, 2.75) is 32.9 Å². The van der Waals surface area contributed by atoms with Gasteiger partial charge in [0, 0.05) is 12.1 Å². The Bertz CT molecular complexity index is 253. The van der Waals surface area contributed by atoms with E-state index in [0.29, 0.717) is 13.2 Å². The molecule has 1 heterocycles. The second kappa shape index (κ2) is 3.94. The molecule has 0 amide bonds. The molecule has 1 aliphatic heterocycles. The van der Waals surface area contributed by atoms with Crippen molar-refractivity contribution in [3.05, 3.63) is 0 Å². The summed E-state index contributed by atoms with van der Waals surface area (Å²) in [5.74, 6) is 0.168. The van der Waals surface area contributed by atoms with E-state index in [9.17, 15) is 8.42 Å². The maximum Gasteiger partial charge on any atom is 0.214 e. The van der Waals surface area contributed by atoms with Gasteiger partial charge in [0.1, 0.15) is 0 Å². The van der Waals surface area contributed by atoms with Gasteiger partial charge in [-0.2, -0.15) is 4.31 Å². The van der Waals surface area contributed by atoms with Gasteiger partial charge in [0.15, 0.2) is 0 Å². The highest BCUT2D eigenvalue weighted by molar-refractivity contribution is 7.89. The first-order chi connectivity index (χ1) is 5.99. The lowest BCUT2D eigenvalue weighted by molar-refractivity contribution is 0.00645. The number of rotatable bonds is 2. The molecule has 0 unspecified atom stereocenters. The molecular weight excluding hydrogens is 190 g/mol. The van der Waals surface area contributed by atoms with Gasteiger partial charge in [-0.1, -0.05) is 0 Å². The Morgan fingerprint density at radius 3 is 2.15 bits per heavy atom. The molecule has 0 radical (unpaired) electrons. The van der Waals surface area contributed by atoms with Crippen LogP contribution in [0.2, 0.25) is 0 Å². The predicted molar refractivity (Wildman–Crippen MR) is 51.0 cm³/mol. The lowest BCUT2D eigenvalue weighted by Crippen LogP contribution is -2.52. The monoisotopic (exact) mass is 207 g/mol. The van der Waals surface area contributed by atoms with E-state index < -0.39 is 10.0 Å². The first kappa shape index (κ1) is 10.9. The summed E-state index contributed by atoms with van der Waals surface area (Å²) in [6.07, 6.45) is 0. The maximum atomic E-state index is 11.6. The summed E-state index contributed by atoms with van der Waals surface area (Å²) < 4.78 is 30.1. The van der Waals surface area contributed by atoms with E-state index in [1.807, 2.05) is 13.8 Å². The van der Waals surface area contributed by atoms with Gasteiger partial charge in [0.2, 0.25) is 10.0 Å². The van der Waals surface area contributed by atoms with E-state index in [2.05, 4.69) is 0 Å². The number of hydrogen-bond donors (Lipinski definition) is 0. The van der Waals surface area contributed by atoms with Crippen molar-refractivity contribution >= 4 is 10.0 Å². The summed E-state index contributed by atoms with van der Waals surface area (Å²) in [6.45, 7) is 6.43. The minimum Gasteiger partial charge on any atom is -0.378 e. The molecule has 0 aromatic rings. The number of nitrogens with zero attached hydrogens (tertiary/aromatic N) is 1. The standard InChI is InChI=1S/C8H17NO3S/c1-4-13(10,11)9-7(2)5-12-6-8(9)3/h7-8H,4-6H2,1-3H3/t7-,8-/m1/s1. The maximum absolute atomic E-state index is 11.6. The molecule has 0 saturated carbocycles.